The van der Waals surface area contributed by atoms with Gasteiger partial charge in [-0.2, -0.15) is 0 Å². The van der Waals surface area contributed by atoms with Crippen LogP contribution in [0.3, 0.4) is 0 Å². The van der Waals surface area contributed by atoms with E-state index in [1.165, 1.54) is 58.8 Å². The van der Waals surface area contributed by atoms with Gasteiger partial charge in [-0.3, -0.25) is 0 Å². The first-order valence-electron chi connectivity index (χ1n) is 16.0. The molecule has 2 nitrogen and oxygen atoms in total. The molecule has 0 bridgehead atoms. The minimum atomic E-state index is 1.13. The maximum Gasteiger partial charge on any atom is 0.0640 e. The van der Waals surface area contributed by atoms with Crippen LogP contribution in [0.5, 0.6) is 0 Å². The monoisotopic (exact) mass is 618 g/mol. The second kappa shape index (κ2) is 11.5. The average molecular weight is 619 g/mol. The SMILES string of the molecule is c1ccc(N(c2ccccc2)c2cccc3c2sc2c(N(c4ccccc4)c4cc5ccccc5c5ccccc45)cccc23)cc1. The van der Waals surface area contributed by atoms with E-state index in [9.17, 15) is 0 Å². The molecule has 1 heterocycles. The maximum atomic E-state index is 2.46. The number of fused-ring (bicyclic) bond motifs is 6. The smallest absolute Gasteiger partial charge is 0.0640 e. The number of anilines is 6. The highest BCUT2D eigenvalue weighted by Gasteiger charge is 2.23. The molecular formula is C44H30N2S. The van der Waals surface area contributed by atoms with E-state index in [0.717, 1.165) is 17.1 Å². The van der Waals surface area contributed by atoms with Gasteiger partial charge in [0.15, 0.2) is 0 Å². The maximum absolute atomic E-state index is 2.46. The van der Waals surface area contributed by atoms with Gasteiger partial charge in [-0.15, -0.1) is 11.3 Å². The summed E-state index contributed by atoms with van der Waals surface area (Å²) < 4.78 is 2.52. The van der Waals surface area contributed by atoms with Crippen LogP contribution >= 0.6 is 11.3 Å². The number of benzene rings is 8. The second-order valence-electron chi connectivity index (χ2n) is 11.7. The molecule has 0 radical (unpaired) electrons. The lowest BCUT2D eigenvalue weighted by atomic mass is 9.99. The largest absolute Gasteiger partial charge is 0.309 e. The average Bonchev–Trinajstić information content (AvgIpc) is 3.54. The molecule has 0 saturated heterocycles. The highest BCUT2D eigenvalue weighted by molar-refractivity contribution is 7.27. The lowest BCUT2D eigenvalue weighted by molar-refractivity contribution is 1.30. The van der Waals surface area contributed by atoms with E-state index in [1.54, 1.807) is 0 Å². The van der Waals surface area contributed by atoms with Crippen LogP contribution in [0.15, 0.2) is 182 Å². The normalized spacial score (nSPS) is 11.4. The predicted octanol–water partition coefficient (Wildman–Crippen LogP) is 13.3. The van der Waals surface area contributed by atoms with Crippen molar-refractivity contribution in [3.63, 3.8) is 0 Å². The van der Waals surface area contributed by atoms with Crippen molar-refractivity contribution in [1.82, 2.24) is 0 Å². The van der Waals surface area contributed by atoms with E-state index < -0.39 is 0 Å². The van der Waals surface area contributed by atoms with Crippen molar-refractivity contribution in [3.05, 3.63) is 182 Å². The molecule has 0 atom stereocenters. The Hall–Kier alpha value is -5.90. The van der Waals surface area contributed by atoms with Gasteiger partial charge >= 0.3 is 0 Å². The molecule has 0 unspecified atom stereocenters. The van der Waals surface area contributed by atoms with E-state index in [-0.39, 0.29) is 0 Å². The number of hydrogen-bond acceptors (Lipinski definition) is 3. The molecule has 222 valence electrons. The molecule has 1 aromatic heterocycles. The summed E-state index contributed by atoms with van der Waals surface area (Å²) in [5, 5.41) is 7.51. The number of hydrogen-bond donors (Lipinski definition) is 0. The Balaban J connectivity index is 1.33. The molecule has 0 amide bonds. The second-order valence-corrected chi connectivity index (χ2v) is 12.8. The standard InChI is InChI=1S/C44H30N2S/c1-4-17-32(18-5-1)45(33-19-6-2-7-20-33)40-28-14-26-38-39-27-15-29-41(44(39)47-43(38)40)46(34-21-8-3-9-22-34)42-30-31-16-10-11-23-35(31)36-24-12-13-25-37(36)42/h1-30H. The van der Waals surface area contributed by atoms with Gasteiger partial charge in [0, 0.05) is 33.2 Å². The van der Waals surface area contributed by atoms with Crippen molar-refractivity contribution < 1.29 is 0 Å². The fourth-order valence-corrected chi connectivity index (χ4v) is 8.24. The van der Waals surface area contributed by atoms with Crippen molar-refractivity contribution >= 4 is 87.2 Å². The van der Waals surface area contributed by atoms with E-state index in [2.05, 4.69) is 192 Å². The quantitative estimate of drug-likeness (QED) is 0.171. The molecule has 0 aliphatic heterocycles. The van der Waals surface area contributed by atoms with Crippen LogP contribution in [0.2, 0.25) is 0 Å². The molecule has 0 aliphatic rings. The van der Waals surface area contributed by atoms with Crippen LogP contribution < -0.4 is 9.80 Å². The molecule has 0 N–H and O–H groups in total. The molecule has 9 aromatic rings. The summed E-state index contributed by atoms with van der Waals surface area (Å²) in [5.74, 6) is 0. The van der Waals surface area contributed by atoms with Crippen molar-refractivity contribution in [3.8, 4) is 0 Å². The van der Waals surface area contributed by atoms with E-state index in [0.29, 0.717) is 0 Å². The Morgan fingerprint density at radius 1 is 0.298 bits per heavy atom. The molecular weight excluding hydrogens is 589 g/mol. The first-order valence-corrected chi connectivity index (χ1v) is 16.8. The van der Waals surface area contributed by atoms with Crippen LogP contribution in [-0.2, 0) is 0 Å². The number of rotatable bonds is 6. The third-order valence-electron chi connectivity index (χ3n) is 8.99. The van der Waals surface area contributed by atoms with Crippen molar-refractivity contribution in [1.29, 1.82) is 0 Å². The summed E-state index contributed by atoms with van der Waals surface area (Å²) in [5.41, 5.74) is 6.93. The van der Waals surface area contributed by atoms with Gasteiger partial charge in [0.2, 0.25) is 0 Å². The van der Waals surface area contributed by atoms with Gasteiger partial charge < -0.3 is 9.80 Å². The third kappa shape index (κ3) is 4.63. The molecule has 0 aliphatic carbocycles. The van der Waals surface area contributed by atoms with Gasteiger partial charge in [0.25, 0.3) is 0 Å². The van der Waals surface area contributed by atoms with E-state index in [4.69, 9.17) is 0 Å². The molecule has 0 saturated carbocycles. The van der Waals surface area contributed by atoms with Gasteiger partial charge in [-0.1, -0.05) is 127 Å². The number of thiophene rings is 1. The molecule has 9 rings (SSSR count). The first-order chi connectivity index (χ1) is 23.3. The van der Waals surface area contributed by atoms with E-state index >= 15 is 0 Å². The van der Waals surface area contributed by atoms with Crippen LogP contribution in [0, 0.1) is 0 Å². The third-order valence-corrected chi connectivity index (χ3v) is 10.3. The first kappa shape index (κ1) is 27.4. The molecule has 0 fully saturated rings. The lowest BCUT2D eigenvalue weighted by Gasteiger charge is -2.28. The van der Waals surface area contributed by atoms with Gasteiger partial charge in [0.1, 0.15) is 0 Å². The molecule has 8 aromatic carbocycles. The Kier molecular flexibility index (Phi) is 6.69. The van der Waals surface area contributed by atoms with Crippen LogP contribution in [0.1, 0.15) is 0 Å². The summed E-state index contributed by atoms with van der Waals surface area (Å²) in [7, 11) is 0. The zero-order valence-electron chi connectivity index (χ0n) is 25.6. The summed E-state index contributed by atoms with van der Waals surface area (Å²) in [6, 6.07) is 65.5. The zero-order valence-corrected chi connectivity index (χ0v) is 26.4. The minimum absolute atomic E-state index is 1.13. The summed E-state index contributed by atoms with van der Waals surface area (Å²) in [6.07, 6.45) is 0. The van der Waals surface area contributed by atoms with Crippen molar-refractivity contribution in [2.75, 3.05) is 9.80 Å². The van der Waals surface area contributed by atoms with Crippen LogP contribution in [0.4, 0.5) is 34.1 Å². The summed E-state index contributed by atoms with van der Waals surface area (Å²) in [6.45, 7) is 0. The summed E-state index contributed by atoms with van der Waals surface area (Å²) in [4.78, 5) is 4.83. The molecule has 0 spiro atoms. The topological polar surface area (TPSA) is 6.48 Å². The minimum Gasteiger partial charge on any atom is -0.309 e. The van der Waals surface area contributed by atoms with Gasteiger partial charge in [-0.05, 0) is 70.8 Å². The fourth-order valence-electron chi connectivity index (χ4n) is 6.93. The Morgan fingerprint density at radius 3 is 1.30 bits per heavy atom. The van der Waals surface area contributed by atoms with Gasteiger partial charge in [0.05, 0.1) is 26.5 Å². The van der Waals surface area contributed by atoms with Gasteiger partial charge in [-0.25, -0.2) is 0 Å². The fraction of sp³-hybridized carbons (Fsp3) is 0. The Morgan fingerprint density at radius 2 is 0.723 bits per heavy atom. The highest BCUT2D eigenvalue weighted by Crippen LogP contribution is 2.50. The number of para-hydroxylation sites is 3. The Labute approximate surface area is 278 Å². The number of nitrogens with zero attached hydrogens (tertiary/aromatic N) is 2. The van der Waals surface area contributed by atoms with Crippen LogP contribution in [-0.4, -0.2) is 0 Å². The Bertz CT molecular complexity index is 2480. The highest BCUT2D eigenvalue weighted by atomic mass is 32.1. The zero-order chi connectivity index (χ0) is 31.2. The van der Waals surface area contributed by atoms with E-state index in [1.807, 2.05) is 11.3 Å². The van der Waals surface area contributed by atoms with Crippen LogP contribution in [0.25, 0.3) is 41.7 Å². The van der Waals surface area contributed by atoms with Crippen molar-refractivity contribution in [2.45, 2.75) is 0 Å². The summed E-state index contributed by atoms with van der Waals surface area (Å²) >= 11 is 1.88. The lowest BCUT2D eigenvalue weighted by Crippen LogP contribution is -2.10. The van der Waals surface area contributed by atoms with Crippen molar-refractivity contribution in [2.24, 2.45) is 0 Å². The predicted molar refractivity (Wildman–Crippen MR) is 204 cm³/mol. The molecule has 3 heteroatoms. The molecule has 47 heavy (non-hydrogen) atoms.